The fourth-order valence-electron chi connectivity index (χ4n) is 3.78. The van der Waals surface area contributed by atoms with Crippen LogP contribution >= 0.6 is 24.0 Å². The van der Waals surface area contributed by atoms with E-state index in [0.717, 1.165) is 19.0 Å². The minimum absolute atomic E-state index is 0. The van der Waals surface area contributed by atoms with E-state index in [1.54, 1.807) is 13.2 Å². The average Bonchev–Trinajstić information content (AvgIpc) is 3.26. The molecule has 4 rings (SSSR count). The zero-order valence-electron chi connectivity index (χ0n) is 18.6. The third-order valence-corrected chi connectivity index (χ3v) is 5.33. The van der Waals surface area contributed by atoms with Crippen molar-refractivity contribution in [2.24, 2.45) is 4.99 Å². The molecule has 3 aromatic rings. The molecule has 1 fully saturated rings. The summed E-state index contributed by atoms with van der Waals surface area (Å²) in [6, 6.07) is 12.1. The van der Waals surface area contributed by atoms with Crippen LogP contribution in [-0.4, -0.2) is 59.3 Å². The number of nitrogens with zero attached hydrogens (tertiary/aromatic N) is 5. The maximum absolute atomic E-state index is 6.07. The first-order valence-electron chi connectivity index (χ1n) is 10.5. The summed E-state index contributed by atoms with van der Waals surface area (Å²) >= 11 is 0. The summed E-state index contributed by atoms with van der Waals surface area (Å²) < 4.78 is 11.4. The van der Waals surface area contributed by atoms with E-state index in [1.165, 1.54) is 16.7 Å². The van der Waals surface area contributed by atoms with Gasteiger partial charge in [0.15, 0.2) is 11.8 Å². The lowest BCUT2D eigenvalue weighted by Crippen LogP contribution is -2.48. The van der Waals surface area contributed by atoms with Gasteiger partial charge in [0.25, 0.3) is 5.89 Å². The molecular weight excluding hydrogens is 519 g/mol. The van der Waals surface area contributed by atoms with E-state index in [9.17, 15) is 0 Å². The van der Waals surface area contributed by atoms with E-state index in [2.05, 4.69) is 62.4 Å². The van der Waals surface area contributed by atoms with Gasteiger partial charge in [-0.1, -0.05) is 35.0 Å². The van der Waals surface area contributed by atoms with Crippen LogP contribution in [0.3, 0.4) is 0 Å². The summed E-state index contributed by atoms with van der Waals surface area (Å²) in [5, 5.41) is 7.47. The zero-order valence-corrected chi connectivity index (χ0v) is 20.9. The summed E-state index contributed by atoms with van der Waals surface area (Å²) in [5.74, 6) is 1.93. The number of benzene rings is 1. The number of halogens is 1. The molecule has 0 saturated carbocycles. The Kier molecular flexibility index (Phi) is 8.57. The van der Waals surface area contributed by atoms with Crippen LogP contribution in [0.1, 0.15) is 28.6 Å². The number of pyridine rings is 1. The Bertz CT molecular complexity index is 1040. The number of aliphatic imine (C=N–C) groups is 1. The fourth-order valence-corrected chi connectivity index (χ4v) is 3.78. The molecule has 0 bridgehead atoms. The lowest BCUT2D eigenvalue weighted by Gasteiger charge is -2.35. The lowest BCUT2D eigenvalue weighted by molar-refractivity contribution is -0.00830. The molecule has 2 aromatic heterocycles. The number of guanidine groups is 1. The Hall–Kier alpha value is -2.53. The molecule has 1 atom stereocenters. The monoisotopic (exact) mass is 548 g/mol. The van der Waals surface area contributed by atoms with E-state index < -0.39 is 0 Å². The standard InChI is InChI=1S/C23H28N6O2.HI/c1-16-7-8-18(17(2)14-16)20-15-29(12-13-30-20)23(24-3)26-11-9-21-27-22(31-28-21)19-6-4-5-10-25-19;/h4-8,10,14,20H,9,11-13,15H2,1-3H3,(H,24,26);1H. The van der Waals surface area contributed by atoms with Gasteiger partial charge in [0, 0.05) is 32.8 Å². The normalized spacial score (nSPS) is 16.5. The maximum atomic E-state index is 6.07. The first-order valence-corrected chi connectivity index (χ1v) is 10.5. The van der Waals surface area contributed by atoms with Crippen LogP contribution in [-0.2, 0) is 11.2 Å². The summed E-state index contributed by atoms with van der Waals surface area (Å²) in [7, 11) is 1.80. The first-order chi connectivity index (χ1) is 15.1. The molecule has 0 radical (unpaired) electrons. The molecule has 0 spiro atoms. The second-order valence-electron chi connectivity index (χ2n) is 7.62. The van der Waals surface area contributed by atoms with E-state index in [-0.39, 0.29) is 30.1 Å². The Morgan fingerprint density at radius 3 is 2.88 bits per heavy atom. The van der Waals surface area contributed by atoms with E-state index in [4.69, 9.17) is 9.26 Å². The highest BCUT2D eigenvalue weighted by Gasteiger charge is 2.25. The Balaban J connectivity index is 0.00000289. The molecule has 32 heavy (non-hydrogen) atoms. The zero-order chi connectivity index (χ0) is 21.6. The van der Waals surface area contributed by atoms with Gasteiger partial charge in [-0.3, -0.25) is 9.98 Å². The molecule has 9 heteroatoms. The largest absolute Gasteiger partial charge is 0.370 e. The van der Waals surface area contributed by atoms with E-state index in [0.29, 0.717) is 37.0 Å². The number of aryl methyl sites for hydroxylation is 2. The molecule has 170 valence electrons. The van der Waals surface area contributed by atoms with Crippen LogP contribution in [0.5, 0.6) is 0 Å². The molecule has 1 aliphatic heterocycles. The Labute approximate surface area is 205 Å². The number of hydrogen-bond acceptors (Lipinski definition) is 6. The van der Waals surface area contributed by atoms with Crippen molar-refractivity contribution >= 4 is 29.9 Å². The summed E-state index contributed by atoms with van der Waals surface area (Å²) in [5.41, 5.74) is 4.44. The third kappa shape index (κ3) is 5.83. The quantitative estimate of drug-likeness (QED) is 0.297. The van der Waals surface area contributed by atoms with Gasteiger partial charge in [0.05, 0.1) is 13.2 Å². The van der Waals surface area contributed by atoms with Crippen molar-refractivity contribution in [3.8, 4) is 11.6 Å². The number of aromatic nitrogens is 3. The van der Waals surface area contributed by atoms with Gasteiger partial charge in [-0.15, -0.1) is 24.0 Å². The van der Waals surface area contributed by atoms with Gasteiger partial charge in [0.1, 0.15) is 11.8 Å². The number of morpholine rings is 1. The van der Waals surface area contributed by atoms with Crippen LogP contribution in [0.2, 0.25) is 0 Å². The first kappa shape index (κ1) is 24.1. The van der Waals surface area contributed by atoms with Gasteiger partial charge in [0.2, 0.25) is 0 Å². The van der Waals surface area contributed by atoms with Gasteiger partial charge in [-0.2, -0.15) is 4.98 Å². The van der Waals surface area contributed by atoms with E-state index >= 15 is 0 Å². The molecule has 1 N–H and O–H groups in total. The van der Waals surface area contributed by atoms with Crippen molar-refractivity contribution in [3.63, 3.8) is 0 Å². The number of nitrogens with one attached hydrogen (secondary N) is 1. The molecule has 3 heterocycles. The molecule has 1 aliphatic rings. The average molecular weight is 548 g/mol. The molecular formula is C23H29IN6O2. The molecule has 8 nitrogen and oxygen atoms in total. The van der Waals surface area contributed by atoms with Crippen LogP contribution in [0, 0.1) is 13.8 Å². The molecule has 1 saturated heterocycles. The van der Waals surface area contributed by atoms with Crippen molar-refractivity contribution in [1.82, 2.24) is 25.3 Å². The predicted octanol–water partition coefficient (Wildman–Crippen LogP) is 3.56. The van der Waals surface area contributed by atoms with Crippen LogP contribution in [0.4, 0.5) is 0 Å². The van der Waals surface area contributed by atoms with Crippen molar-refractivity contribution in [1.29, 1.82) is 0 Å². The van der Waals surface area contributed by atoms with Crippen molar-refractivity contribution in [2.45, 2.75) is 26.4 Å². The number of ether oxygens (including phenoxy) is 1. The number of hydrogen-bond donors (Lipinski definition) is 1. The third-order valence-electron chi connectivity index (χ3n) is 5.33. The highest BCUT2D eigenvalue weighted by molar-refractivity contribution is 14.0. The summed E-state index contributed by atoms with van der Waals surface area (Å²) in [4.78, 5) is 15.4. The van der Waals surface area contributed by atoms with Crippen LogP contribution in [0.25, 0.3) is 11.6 Å². The topological polar surface area (TPSA) is 88.7 Å². The number of rotatable bonds is 5. The van der Waals surface area contributed by atoms with Crippen molar-refractivity contribution in [2.75, 3.05) is 33.3 Å². The Morgan fingerprint density at radius 1 is 1.25 bits per heavy atom. The SMILES string of the molecule is CN=C(NCCc1noc(-c2ccccn2)n1)N1CCOC(c2ccc(C)cc2C)C1.I. The van der Waals surface area contributed by atoms with Crippen LogP contribution < -0.4 is 5.32 Å². The summed E-state index contributed by atoms with van der Waals surface area (Å²) in [6.45, 7) is 7.13. The predicted molar refractivity (Wildman–Crippen MR) is 134 cm³/mol. The smallest absolute Gasteiger partial charge is 0.276 e. The molecule has 0 amide bonds. The van der Waals surface area contributed by atoms with E-state index in [1.807, 2.05) is 18.2 Å². The highest BCUT2D eigenvalue weighted by atomic mass is 127. The highest BCUT2D eigenvalue weighted by Crippen LogP contribution is 2.26. The minimum Gasteiger partial charge on any atom is -0.370 e. The van der Waals surface area contributed by atoms with Crippen LogP contribution in [0.15, 0.2) is 52.1 Å². The second kappa shape index (κ2) is 11.4. The van der Waals surface area contributed by atoms with Crippen molar-refractivity contribution in [3.05, 3.63) is 65.1 Å². The minimum atomic E-state index is 0. The molecule has 0 aliphatic carbocycles. The maximum Gasteiger partial charge on any atom is 0.276 e. The van der Waals surface area contributed by atoms with Gasteiger partial charge >= 0.3 is 0 Å². The van der Waals surface area contributed by atoms with Gasteiger partial charge in [-0.25, -0.2) is 0 Å². The Morgan fingerprint density at radius 2 is 2.12 bits per heavy atom. The van der Waals surface area contributed by atoms with Gasteiger partial charge in [-0.05, 0) is 37.1 Å². The lowest BCUT2D eigenvalue weighted by atomic mass is 10.00. The van der Waals surface area contributed by atoms with Gasteiger partial charge < -0.3 is 19.5 Å². The molecule has 1 unspecified atom stereocenters. The van der Waals surface area contributed by atoms with Crippen molar-refractivity contribution < 1.29 is 9.26 Å². The molecule has 1 aromatic carbocycles. The summed E-state index contributed by atoms with van der Waals surface area (Å²) in [6.07, 6.45) is 2.37. The second-order valence-corrected chi connectivity index (χ2v) is 7.62. The fraction of sp³-hybridized carbons (Fsp3) is 0.391.